The number of nitrogens with zero attached hydrogens (tertiary/aromatic N) is 1. The lowest BCUT2D eigenvalue weighted by Crippen LogP contribution is -2.35. The molecule has 0 aliphatic heterocycles. The van der Waals surface area contributed by atoms with Crippen molar-refractivity contribution in [2.45, 2.75) is 46.5 Å². The molecule has 1 aromatic rings. The van der Waals surface area contributed by atoms with E-state index in [-0.39, 0.29) is 5.91 Å². The highest BCUT2D eigenvalue weighted by Crippen LogP contribution is 2.32. The molecule has 0 atom stereocenters. The Bertz CT molecular complexity index is 514. The second kappa shape index (κ2) is 7.44. The van der Waals surface area contributed by atoms with E-state index in [0.717, 1.165) is 28.6 Å². The topological polar surface area (TPSA) is 52.9 Å². The van der Waals surface area contributed by atoms with Gasteiger partial charge in [0, 0.05) is 4.47 Å². The highest BCUT2D eigenvalue weighted by molar-refractivity contribution is 9.10. The molecule has 1 aromatic carbocycles. The first kappa shape index (κ1) is 16.7. The van der Waals surface area contributed by atoms with Crippen LogP contribution in [0.5, 0.6) is 0 Å². The summed E-state index contributed by atoms with van der Waals surface area (Å²) in [5.74, 6) is -0.199. The van der Waals surface area contributed by atoms with Crippen LogP contribution in [0.25, 0.3) is 0 Å². The zero-order valence-corrected chi connectivity index (χ0v) is 13.9. The van der Waals surface area contributed by atoms with Gasteiger partial charge in [0.1, 0.15) is 5.41 Å². The average molecular weight is 337 g/mol. The third kappa shape index (κ3) is 3.83. The molecule has 4 heteroatoms. The number of hydrogen-bond acceptors (Lipinski definition) is 2. The number of carbonyl (C=O) groups excluding carboxylic acids is 1. The number of halogens is 1. The van der Waals surface area contributed by atoms with Gasteiger partial charge in [-0.2, -0.15) is 5.26 Å². The normalized spacial score (nSPS) is 10.9. The van der Waals surface area contributed by atoms with Gasteiger partial charge in [-0.25, -0.2) is 0 Å². The quantitative estimate of drug-likeness (QED) is 0.810. The summed E-state index contributed by atoms with van der Waals surface area (Å²) in [4.78, 5) is 12.6. The van der Waals surface area contributed by atoms with Crippen molar-refractivity contribution in [2.75, 3.05) is 5.32 Å². The molecule has 108 valence electrons. The molecule has 0 saturated carbocycles. The van der Waals surface area contributed by atoms with E-state index in [1.165, 1.54) is 0 Å². The van der Waals surface area contributed by atoms with Gasteiger partial charge in [0.15, 0.2) is 0 Å². The maximum absolute atomic E-state index is 12.6. The van der Waals surface area contributed by atoms with E-state index in [4.69, 9.17) is 0 Å². The Morgan fingerprint density at radius 1 is 1.35 bits per heavy atom. The highest BCUT2D eigenvalue weighted by atomic mass is 79.9. The van der Waals surface area contributed by atoms with Crippen molar-refractivity contribution in [1.29, 1.82) is 5.26 Å². The van der Waals surface area contributed by atoms with Crippen LogP contribution >= 0.6 is 15.9 Å². The summed E-state index contributed by atoms with van der Waals surface area (Å²) in [6.07, 6.45) is 2.81. The van der Waals surface area contributed by atoms with E-state index in [2.05, 4.69) is 27.3 Å². The molecule has 0 spiro atoms. The first-order chi connectivity index (χ1) is 9.49. The van der Waals surface area contributed by atoms with Crippen molar-refractivity contribution in [3.05, 3.63) is 28.2 Å². The van der Waals surface area contributed by atoms with Crippen LogP contribution in [0.15, 0.2) is 22.7 Å². The molecule has 3 nitrogen and oxygen atoms in total. The average Bonchev–Trinajstić information content (AvgIpc) is 2.42. The summed E-state index contributed by atoms with van der Waals surface area (Å²) in [6.45, 7) is 5.97. The first-order valence-electron chi connectivity index (χ1n) is 6.98. The summed E-state index contributed by atoms with van der Waals surface area (Å²) < 4.78 is 0.830. The van der Waals surface area contributed by atoms with Crippen LogP contribution < -0.4 is 5.32 Å². The smallest absolute Gasteiger partial charge is 0.244 e. The van der Waals surface area contributed by atoms with Crippen LogP contribution in [0.4, 0.5) is 5.69 Å². The van der Waals surface area contributed by atoms with Crippen molar-refractivity contribution in [1.82, 2.24) is 0 Å². The number of aryl methyl sites for hydroxylation is 1. The summed E-state index contributed by atoms with van der Waals surface area (Å²) >= 11 is 3.43. The Kier molecular flexibility index (Phi) is 6.22. The van der Waals surface area contributed by atoms with Gasteiger partial charge in [-0.05, 0) is 53.4 Å². The maximum Gasteiger partial charge on any atom is 0.244 e. The van der Waals surface area contributed by atoms with Crippen molar-refractivity contribution in [3.8, 4) is 6.07 Å². The minimum Gasteiger partial charge on any atom is -0.324 e. The second-order valence-electron chi connectivity index (χ2n) is 5.13. The Hall–Kier alpha value is -1.34. The Morgan fingerprint density at radius 2 is 1.95 bits per heavy atom. The largest absolute Gasteiger partial charge is 0.324 e. The molecule has 0 saturated heterocycles. The molecular formula is C16H21BrN2O. The molecule has 0 unspecified atom stereocenters. The maximum atomic E-state index is 12.6. The zero-order chi connectivity index (χ0) is 15.2. The summed E-state index contributed by atoms with van der Waals surface area (Å²) in [5.41, 5.74) is 0.867. The number of amides is 1. The van der Waals surface area contributed by atoms with Crippen molar-refractivity contribution in [3.63, 3.8) is 0 Å². The number of carbonyl (C=O) groups is 1. The van der Waals surface area contributed by atoms with Crippen LogP contribution in [0, 0.1) is 23.7 Å². The van der Waals surface area contributed by atoms with Gasteiger partial charge in [-0.15, -0.1) is 0 Å². The highest BCUT2D eigenvalue weighted by Gasteiger charge is 2.37. The lowest BCUT2D eigenvalue weighted by Gasteiger charge is -2.25. The molecule has 20 heavy (non-hydrogen) atoms. The summed E-state index contributed by atoms with van der Waals surface area (Å²) in [6, 6.07) is 8.02. The van der Waals surface area contributed by atoms with E-state index in [1.54, 1.807) is 0 Å². The third-order valence-electron chi connectivity index (χ3n) is 3.37. The van der Waals surface area contributed by atoms with E-state index >= 15 is 0 Å². The predicted molar refractivity (Wildman–Crippen MR) is 85.4 cm³/mol. The lowest BCUT2D eigenvalue weighted by atomic mass is 9.79. The van der Waals surface area contributed by atoms with E-state index < -0.39 is 5.41 Å². The third-order valence-corrected chi connectivity index (χ3v) is 4.06. The Balaban J connectivity index is 3.02. The zero-order valence-electron chi connectivity index (χ0n) is 12.3. The molecule has 1 rings (SSSR count). The van der Waals surface area contributed by atoms with Gasteiger partial charge in [0.2, 0.25) is 5.91 Å². The molecule has 0 radical (unpaired) electrons. The minimum atomic E-state index is -0.924. The molecule has 0 bridgehead atoms. The Labute approximate surface area is 129 Å². The fourth-order valence-corrected chi connectivity index (χ4v) is 2.69. The number of rotatable bonds is 6. The number of anilines is 1. The predicted octanol–water partition coefficient (Wildman–Crippen LogP) is 4.81. The van der Waals surface area contributed by atoms with Crippen LogP contribution in [0.3, 0.4) is 0 Å². The Morgan fingerprint density at radius 3 is 2.45 bits per heavy atom. The van der Waals surface area contributed by atoms with E-state index in [0.29, 0.717) is 12.8 Å². The molecule has 0 aliphatic carbocycles. The number of nitrogens with one attached hydrogen (secondary N) is 1. The van der Waals surface area contributed by atoms with Gasteiger partial charge < -0.3 is 5.32 Å². The van der Waals surface area contributed by atoms with Crippen molar-refractivity contribution < 1.29 is 4.79 Å². The van der Waals surface area contributed by atoms with Crippen molar-refractivity contribution in [2.24, 2.45) is 5.41 Å². The van der Waals surface area contributed by atoms with Crippen LogP contribution in [0.2, 0.25) is 0 Å². The molecule has 0 heterocycles. The molecule has 0 aromatic heterocycles. The van der Waals surface area contributed by atoms with Crippen LogP contribution in [-0.4, -0.2) is 5.91 Å². The second-order valence-corrected chi connectivity index (χ2v) is 5.99. The fraction of sp³-hybridized carbons (Fsp3) is 0.500. The SMILES string of the molecule is CCCC(C#N)(CCC)C(=O)Nc1cc(C)ccc1Br. The summed E-state index contributed by atoms with van der Waals surface area (Å²) in [7, 11) is 0. The number of hydrogen-bond donors (Lipinski definition) is 1. The van der Waals surface area contributed by atoms with Crippen molar-refractivity contribution >= 4 is 27.5 Å². The minimum absolute atomic E-state index is 0.199. The van der Waals surface area contributed by atoms with Crippen LogP contribution in [0.1, 0.15) is 45.1 Å². The van der Waals surface area contributed by atoms with E-state index in [9.17, 15) is 10.1 Å². The van der Waals surface area contributed by atoms with Gasteiger partial charge in [0.05, 0.1) is 11.8 Å². The molecule has 0 aliphatic rings. The monoisotopic (exact) mass is 336 g/mol. The molecular weight excluding hydrogens is 316 g/mol. The molecule has 1 N–H and O–H groups in total. The van der Waals surface area contributed by atoms with Crippen LogP contribution in [-0.2, 0) is 4.79 Å². The van der Waals surface area contributed by atoms with E-state index in [1.807, 2.05) is 39.0 Å². The fourth-order valence-electron chi connectivity index (χ4n) is 2.35. The lowest BCUT2D eigenvalue weighted by molar-refractivity contribution is -0.123. The van der Waals surface area contributed by atoms with Gasteiger partial charge in [0.25, 0.3) is 0 Å². The van der Waals surface area contributed by atoms with Gasteiger partial charge in [-0.3, -0.25) is 4.79 Å². The number of nitriles is 1. The number of benzene rings is 1. The van der Waals surface area contributed by atoms with Gasteiger partial charge in [-0.1, -0.05) is 32.8 Å². The molecule has 1 amide bonds. The van der Waals surface area contributed by atoms with Gasteiger partial charge >= 0.3 is 0 Å². The first-order valence-corrected chi connectivity index (χ1v) is 7.77. The summed E-state index contributed by atoms with van der Waals surface area (Å²) in [5, 5.41) is 12.4. The standard InChI is InChI=1S/C16H21BrN2O/c1-4-8-16(11-18,9-5-2)15(20)19-14-10-12(3)6-7-13(14)17/h6-7,10H,4-5,8-9H2,1-3H3,(H,19,20). The molecule has 0 fully saturated rings.